The Bertz CT molecular complexity index is 892. The third kappa shape index (κ3) is 2.90. The normalized spacial score (nSPS) is 10.3. The molecular weight excluding hydrogens is 332 g/mol. The van der Waals surface area contributed by atoms with Gasteiger partial charge >= 0.3 is 11.3 Å². The lowest BCUT2D eigenvalue weighted by Gasteiger charge is -2.06. The first-order valence-corrected chi connectivity index (χ1v) is 7.06. The lowest BCUT2D eigenvalue weighted by atomic mass is 10.1. The Kier molecular flexibility index (Phi) is 5.04. The Morgan fingerprint density at radius 1 is 0.958 bits per heavy atom. The van der Waals surface area contributed by atoms with Gasteiger partial charge in [0.15, 0.2) is 0 Å². The molecule has 0 bridgehead atoms. The van der Waals surface area contributed by atoms with E-state index in [1.54, 1.807) is 45.4 Å². The maximum atomic E-state index is 10.2. The second kappa shape index (κ2) is 6.84. The van der Waals surface area contributed by atoms with Crippen LogP contribution in [0, 0.1) is 6.92 Å². The number of halogens is 1. The van der Waals surface area contributed by atoms with E-state index in [1.165, 1.54) is 6.07 Å². The van der Waals surface area contributed by atoms with Crippen molar-refractivity contribution in [1.29, 1.82) is 0 Å². The Labute approximate surface area is 145 Å². The summed E-state index contributed by atoms with van der Waals surface area (Å²) in [6.07, 6.45) is 0. The van der Waals surface area contributed by atoms with Crippen molar-refractivity contribution in [3.63, 3.8) is 0 Å². The molecule has 2 aromatic carbocycles. The third-order valence-corrected chi connectivity index (χ3v) is 3.82. The van der Waals surface area contributed by atoms with Gasteiger partial charge in [0.2, 0.25) is 0 Å². The third-order valence-electron chi connectivity index (χ3n) is 3.82. The molecule has 0 amide bonds. The van der Waals surface area contributed by atoms with Crippen molar-refractivity contribution >= 4 is 11.0 Å². The standard InChI is InChI=1S/C18H16O5.ClH/c1-10-14(19)6-4-13(18(10)20)15-7-5-12-16(22-3)8-11(21-2)9-17(12)23-15;/h4-9H,1-3H3,(H-,19,20);1H. The van der Waals surface area contributed by atoms with Crippen molar-refractivity contribution in [2.45, 2.75) is 6.92 Å². The largest absolute Gasteiger partial charge is 1.00 e. The summed E-state index contributed by atoms with van der Waals surface area (Å²) in [4.78, 5) is 0. The SMILES string of the molecule is COc1cc(OC)c2ccc(-c3ccc(O)c(C)c3O)[o+]c2c1.[Cl-]. The van der Waals surface area contributed by atoms with Gasteiger partial charge in [-0.15, -0.1) is 0 Å². The van der Waals surface area contributed by atoms with E-state index < -0.39 is 0 Å². The van der Waals surface area contributed by atoms with Crippen molar-refractivity contribution in [2.24, 2.45) is 0 Å². The quantitative estimate of drug-likeness (QED) is 0.694. The second-order valence-corrected chi connectivity index (χ2v) is 5.15. The first-order chi connectivity index (χ1) is 11.0. The van der Waals surface area contributed by atoms with Gasteiger partial charge < -0.3 is 32.1 Å². The second-order valence-electron chi connectivity index (χ2n) is 5.15. The molecule has 3 rings (SSSR count). The van der Waals surface area contributed by atoms with Gasteiger partial charge in [-0.2, -0.15) is 0 Å². The number of phenols is 2. The Morgan fingerprint density at radius 2 is 1.71 bits per heavy atom. The van der Waals surface area contributed by atoms with Crippen LogP contribution in [-0.4, -0.2) is 24.4 Å². The highest BCUT2D eigenvalue weighted by atomic mass is 35.5. The number of phenolic OH excluding ortho intramolecular Hbond substituents is 2. The van der Waals surface area contributed by atoms with Crippen molar-refractivity contribution in [3.8, 4) is 34.3 Å². The van der Waals surface area contributed by atoms with E-state index in [1.807, 2.05) is 6.07 Å². The fourth-order valence-corrected chi connectivity index (χ4v) is 2.46. The number of benzene rings is 2. The molecule has 0 aliphatic heterocycles. The zero-order valence-electron chi connectivity index (χ0n) is 13.5. The fraction of sp³-hybridized carbons (Fsp3) is 0.167. The maximum Gasteiger partial charge on any atom is 0.368 e. The number of methoxy groups -OCH3 is 2. The molecule has 6 heteroatoms. The highest BCUT2D eigenvalue weighted by molar-refractivity contribution is 5.87. The van der Waals surface area contributed by atoms with Gasteiger partial charge in [-0.3, -0.25) is 0 Å². The molecule has 126 valence electrons. The summed E-state index contributed by atoms with van der Waals surface area (Å²) in [7, 11) is 3.15. The average Bonchev–Trinajstić information content (AvgIpc) is 2.58. The van der Waals surface area contributed by atoms with Gasteiger partial charge in [-0.25, -0.2) is 4.42 Å². The zero-order chi connectivity index (χ0) is 16.6. The molecule has 24 heavy (non-hydrogen) atoms. The molecule has 0 fully saturated rings. The molecule has 0 spiro atoms. The molecule has 0 saturated heterocycles. The van der Waals surface area contributed by atoms with Gasteiger partial charge in [-0.1, -0.05) is 0 Å². The first kappa shape index (κ1) is 17.7. The van der Waals surface area contributed by atoms with E-state index in [0.29, 0.717) is 34.0 Å². The number of rotatable bonds is 3. The molecule has 0 aliphatic rings. The summed E-state index contributed by atoms with van der Waals surface area (Å²) >= 11 is 0. The first-order valence-electron chi connectivity index (χ1n) is 7.06. The predicted octanol–water partition coefficient (Wildman–Crippen LogP) is 1.12. The van der Waals surface area contributed by atoms with Crippen LogP contribution in [0.5, 0.6) is 23.0 Å². The number of fused-ring (bicyclic) bond motifs is 1. The van der Waals surface area contributed by atoms with E-state index >= 15 is 0 Å². The summed E-state index contributed by atoms with van der Waals surface area (Å²) in [5.41, 5.74) is 1.48. The molecule has 0 atom stereocenters. The molecule has 5 nitrogen and oxygen atoms in total. The minimum absolute atomic E-state index is 0. The topological polar surface area (TPSA) is 70.2 Å². The summed E-state index contributed by atoms with van der Waals surface area (Å²) in [6.45, 7) is 1.64. The lowest BCUT2D eigenvalue weighted by Crippen LogP contribution is -3.00. The molecule has 0 aliphatic carbocycles. The average molecular weight is 349 g/mol. The monoisotopic (exact) mass is 348 g/mol. The number of hydrogen-bond donors (Lipinski definition) is 2. The van der Waals surface area contributed by atoms with Crippen molar-refractivity contribution < 1.29 is 36.5 Å². The molecule has 2 N–H and O–H groups in total. The summed E-state index contributed by atoms with van der Waals surface area (Å²) in [6, 6.07) is 10.3. The Morgan fingerprint density at radius 3 is 2.38 bits per heavy atom. The van der Waals surface area contributed by atoms with Crippen LogP contribution >= 0.6 is 0 Å². The van der Waals surface area contributed by atoms with Crippen molar-refractivity contribution in [1.82, 2.24) is 0 Å². The van der Waals surface area contributed by atoms with Crippen molar-refractivity contribution in [2.75, 3.05) is 14.2 Å². The van der Waals surface area contributed by atoms with E-state index in [-0.39, 0.29) is 23.9 Å². The minimum atomic E-state index is -0.0111. The molecule has 1 heterocycles. The number of ether oxygens (including phenoxy) is 2. The van der Waals surface area contributed by atoms with E-state index in [4.69, 9.17) is 13.9 Å². The molecule has 0 saturated carbocycles. The Hall–Kier alpha value is -2.66. The molecular formula is C18H17ClO5. The van der Waals surface area contributed by atoms with E-state index in [0.717, 1.165) is 5.39 Å². The van der Waals surface area contributed by atoms with Crippen molar-refractivity contribution in [3.05, 3.63) is 42.0 Å². The fourth-order valence-electron chi connectivity index (χ4n) is 2.46. The van der Waals surface area contributed by atoms with Gasteiger partial charge in [-0.05, 0) is 25.1 Å². The van der Waals surface area contributed by atoms with E-state index in [2.05, 4.69) is 0 Å². The van der Waals surface area contributed by atoms with Crippen LogP contribution in [0.4, 0.5) is 0 Å². The molecule has 3 aromatic rings. The Balaban J connectivity index is 0.00000208. The number of hydrogen-bond acceptors (Lipinski definition) is 4. The van der Waals surface area contributed by atoms with Gasteiger partial charge in [0.1, 0.15) is 33.9 Å². The molecule has 0 unspecified atom stereocenters. The highest BCUT2D eigenvalue weighted by Gasteiger charge is 2.22. The minimum Gasteiger partial charge on any atom is -1.00 e. The van der Waals surface area contributed by atoms with Gasteiger partial charge in [0.25, 0.3) is 0 Å². The van der Waals surface area contributed by atoms with E-state index in [9.17, 15) is 10.2 Å². The van der Waals surface area contributed by atoms with Gasteiger partial charge in [0, 0.05) is 17.7 Å². The molecule has 1 aromatic heterocycles. The summed E-state index contributed by atoms with van der Waals surface area (Å²) in [5, 5.41) is 20.7. The van der Waals surface area contributed by atoms with Gasteiger partial charge in [0.05, 0.1) is 20.3 Å². The van der Waals surface area contributed by atoms with Crippen LogP contribution in [0.25, 0.3) is 22.3 Å². The molecule has 0 radical (unpaired) electrons. The lowest BCUT2D eigenvalue weighted by molar-refractivity contribution is -0.00000783. The zero-order valence-corrected chi connectivity index (χ0v) is 14.2. The summed E-state index contributed by atoms with van der Waals surface area (Å²) in [5.74, 6) is 1.76. The van der Waals surface area contributed by atoms with Crippen LogP contribution in [0.15, 0.2) is 40.8 Å². The van der Waals surface area contributed by atoms with Crippen LogP contribution in [0.1, 0.15) is 5.56 Å². The van der Waals surface area contributed by atoms with Crippen LogP contribution in [0.2, 0.25) is 0 Å². The van der Waals surface area contributed by atoms with Crippen LogP contribution in [0.3, 0.4) is 0 Å². The van der Waals surface area contributed by atoms with Crippen LogP contribution < -0.4 is 21.9 Å². The van der Waals surface area contributed by atoms with Crippen LogP contribution in [-0.2, 0) is 0 Å². The number of aromatic hydroxyl groups is 2. The smallest absolute Gasteiger partial charge is 0.368 e. The predicted molar refractivity (Wildman–Crippen MR) is 87.2 cm³/mol. The maximum absolute atomic E-state index is 10.2. The summed E-state index contributed by atoms with van der Waals surface area (Å²) < 4.78 is 16.5. The highest BCUT2D eigenvalue weighted by Crippen LogP contribution is 2.39.